The molecule has 0 aromatic rings. The summed E-state index contributed by atoms with van der Waals surface area (Å²) in [7, 11) is 0. The van der Waals surface area contributed by atoms with Crippen LogP contribution in [0.25, 0.3) is 0 Å². The number of nitrogens with one attached hydrogen (secondary N) is 1. The van der Waals surface area contributed by atoms with Crippen LogP contribution in [0, 0.1) is 0 Å². The summed E-state index contributed by atoms with van der Waals surface area (Å²) in [5.74, 6) is 0. The van der Waals surface area contributed by atoms with Crippen LogP contribution in [-0.2, 0) is 0 Å². The highest BCUT2D eigenvalue weighted by Gasteiger charge is 2.18. The molecular weight excluding hydrogens is 166 g/mol. The molecule has 1 aliphatic heterocycles. The van der Waals surface area contributed by atoms with E-state index < -0.39 is 6.03 Å². The number of rotatable bonds is 3. The fraction of sp³-hybridized carbons (Fsp3) is 0.889. The zero-order chi connectivity index (χ0) is 9.68. The average molecular weight is 185 g/mol. The molecule has 0 aromatic heterocycles. The first-order valence-corrected chi connectivity index (χ1v) is 5.00. The highest BCUT2D eigenvalue weighted by atomic mass is 16.2. The van der Waals surface area contributed by atoms with Crippen molar-refractivity contribution in [3.63, 3.8) is 0 Å². The molecule has 2 amide bonds. The van der Waals surface area contributed by atoms with Gasteiger partial charge >= 0.3 is 6.03 Å². The van der Waals surface area contributed by atoms with Crippen molar-refractivity contribution >= 4 is 6.03 Å². The Morgan fingerprint density at radius 2 is 2.15 bits per heavy atom. The van der Waals surface area contributed by atoms with Gasteiger partial charge in [0.05, 0.1) is 0 Å². The molecule has 0 saturated carbocycles. The van der Waals surface area contributed by atoms with Crippen LogP contribution in [0.15, 0.2) is 0 Å². The largest absolute Gasteiger partial charge is 0.352 e. The minimum Gasteiger partial charge on any atom is -0.352 e. The lowest BCUT2D eigenvalue weighted by atomic mass is 10.1. The zero-order valence-electron chi connectivity index (χ0n) is 8.25. The molecule has 13 heavy (non-hydrogen) atoms. The standard InChI is InChI=1S/C9H19N3O/c1-2-5-12-6-3-8(4-7-12)11-9(10)13/h8H,2-7H2,1H3,(H3,10,11,13). The molecule has 1 rings (SSSR count). The Labute approximate surface area is 79.5 Å². The number of carbonyl (C=O) groups excluding carboxylic acids is 1. The predicted octanol–water partition coefficient (Wildman–Crippen LogP) is 0.529. The molecule has 0 bridgehead atoms. The molecule has 4 heteroatoms. The quantitative estimate of drug-likeness (QED) is 0.674. The van der Waals surface area contributed by atoms with E-state index in [0.717, 1.165) is 25.9 Å². The maximum absolute atomic E-state index is 10.6. The number of likely N-dealkylation sites (tertiary alicyclic amines) is 1. The molecule has 0 atom stereocenters. The van der Waals surface area contributed by atoms with Crippen molar-refractivity contribution in [1.82, 2.24) is 10.2 Å². The number of piperidine rings is 1. The lowest BCUT2D eigenvalue weighted by Gasteiger charge is -2.31. The minimum atomic E-state index is -0.394. The number of primary amides is 1. The second kappa shape index (κ2) is 5.07. The second-order valence-corrected chi connectivity index (χ2v) is 3.62. The van der Waals surface area contributed by atoms with Crippen LogP contribution >= 0.6 is 0 Å². The summed E-state index contributed by atoms with van der Waals surface area (Å²) in [4.78, 5) is 13.0. The van der Waals surface area contributed by atoms with Gasteiger partial charge in [-0.3, -0.25) is 0 Å². The fourth-order valence-electron chi connectivity index (χ4n) is 1.82. The molecule has 1 saturated heterocycles. The lowest BCUT2D eigenvalue weighted by Crippen LogP contribution is -2.46. The van der Waals surface area contributed by atoms with Gasteiger partial charge < -0.3 is 16.0 Å². The van der Waals surface area contributed by atoms with Gasteiger partial charge in [0.25, 0.3) is 0 Å². The molecule has 1 heterocycles. The number of hydrogen-bond acceptors (Lipinski definition) is 2. The Hall–Kier alpha value is -0.770. The molecule has 3 N–H and O–H groups in total. The van der Waals surface area contributed by atoms with Crippen molar-refractivity contribution < 1.29 is 4.79 Å². The summed E-state index contributed by atoms with van der Waals surface area (Å²) in [5, 5.41) is 2.76. The van der Waals surface area contributed by atoms with Crippen LogP contribution in [0.2, 0.25) is 0 Å². The maximum Gasteiger partial charge on any atom is 0.312 e. The summed E-state index contributed by atoms with van der Waals surface area (Å²) in [6.45, 7) is 5.52. The lowest BCUT2D eigenvalue weighted by molar-refractivity contribution is 0.195. The molecule has 1 aliphatic rings. The highest BCUT2D eigenvalue weighted by molar-refractivity contribution is 5.71. The first-order valence-electron chi connectivity index (χ1n) is 5.00. The van der Waals surface area contributed by atoms with E-state index in [1.165, 1.54) is 13.0 Å². The molecule has 0 unspecified atom stereocenters. The van der Waals surface area contributed by atoms with E-state index in [0.29, 0.717) is 6.04 Å². The van der Waals surface area contributed by atoms with Crippen LogP contribution in [0.1, 0.15) is 26.2 Å². The normalized spacial score (nSPS) is 20.1. The van der Waals surface area contributed by atoms with Crippen LogP contribution < -0.4 is 11.1 Å². The number of amides is 2. The third-order valence-corrected chi connectivity index (χ3v) is 2.47. The monoisotopic (exact) mass is 185 g/mol. The van der Waals surface area contributed by atoms with Gasteiger partial charge in [-0.25, -0.2) is 4.79 Å². The van der Waals surface area contributed by atoms with Crippen LogP contribution in [0.4, 0.5) is 4.79 Å². The third-order valence-electron chi connectivity index (χ3n) is 2.47. The average Bonchev–Trinajstić information content (AvgIpc) is 2.08. The Balaban J connectivity index is 2.18. The number of hydrogen-bond donors (Lipinski definition) is 2. The zero-order valence-corrected chi connectivity index (χ0v) is 8.25. The van der Waals surface area contributed by atoms with Crippen molar-refractivity contribution in [1.29, 1.82) is 0 Å². The maximum atomic E-state index is 10.6. The molecule has 76 valence electrons. The summed E-state index contributed by atoms with van der Waals surface area (Å²) in [5.41, 5.74) is 5.05. The first-order chi connectivity index (χ1) is 6.22. The van der Waals surface area contributed by atoms with Crippen LogP contribution in [0.3, 0.4) is 0 Å². The number of carbonyl (C=O) groups is 1. The van der Waals surface area contributed by atoms with E-state index in [4.69, 9.17) is 5.73 Å². The Kier molecular flexibility index (Phi) is 4.02. The molecule has 4 nitrogen and oxygen atoms in total. The molecule has 0 aliphatic carbocycles. The van der Waals surface area contributed by atoms with E-state index >= 15 is 0 Å². The van der Waals surface area contributed by atoms with Crippen molar-refractivity contribution in [2.45, 2.75) is 32.2 Å². The van der Waals surface area contributed by atoms with Crippen LogP contribution in [-0.4, -0.2) is 36.6 Å². The van der Waals surface area contributed by atoms with E-state index in [1.807, 2.05) is 0 Å². The van der Waals surface area contributed by atoms with Crippen molar-refractivity contribution in [3.8, 4) is 0 Å². The van der Waals surface area contributed by atoms with Gasteiger partial charge in [-0.1, -0.05) is 6.92 Å². The van der Waals surface area contributed by atoms with Gasteiger partial charge in [-0.05, 0) is 25.8 Å². The van der Waals surface area contributed by atoms with E-state index in [2.05, 4.69) is 17.1 Å². The third kappa shape index (κ3) is 3.63. The molecule has 0 radical (unpaired) electrons. The van der Waals surface area contributed by atoms with Gasteiger partial charge in [0.15, 0.2) is 0 Å². The highest BCUT2D eigenvalue weighted by Crippen LogP contribution is 2.09. The topological polar surface area (TPSA) is 58.4 Å². The van der Waals surface area contributed by atoms with Gasteiger partial charge in [0.1, 0.15) is 0 Å². The van der Waals surface area contributed by atoms with Gasteiger partial charge in [-0.15, -0.1) is 0 Å². The van der Waals surface area contributed by atoms with Gasteiger partial charge in [-0.2, -0.15) is 0 Å². The number of nitrogens with zero attached hydrogens (tertiary/aromatic N) is 1. The summed E-state index contributed by atoms with van der Waals surface area (Å²) < 4.78 is 0. The minimum absolute atomic E-state index is 0.297. The SMILES string of the molecule is CCCN1CCC(NC(N)=O)CC1. The van der Waals surface area contributed by atoms with Gasteiger partial charge in [0.2, 0.25) is 0 Å². The first kappa shape index (κ1) is 10.3. The van der Waals surface area contributed by atoms with Gasteiger partial charge in [0, 0.05) is 19.1 Å². The molecule has 1 fully saturated rings. The second-order valence-electron chi connectivity index (χ2n) is 3.62. The molecular formula is C9H19N3O. The fourth-order valence-corrected chi connectivity index (χ4v) is 1.82. The smallest absolute Gasteiger partial charge is 0.312 e. The van der Waals surface area contributed by atoms with E-state index in [1.54, 1.807) is 0 Å². The Morgan fingerprint density at radius 3 is 2.62 bits per heavy atom. The molecule has 0 aromatic carbocycles. The van der Waals surface area contributed by atoms with Crippen molar-refractivity contribution in [2.24, 2.45) is 5.73 Å². The van der Waals surface area contributed by atoms with E-state index in [9.17, 15) is 4.79 Å². The number of nitrogens with two attached hydrogens (primary N) is 1. The molecule has 0 spiro atoms. The van der Waals surface area contributed by atoms with E-state index in [-0.39, 0.29) is 0 Å². The number of urea groups is 1. The summed E-state index contributed by atoms with van der Waals surface area (Å²) in [6.07, 6.45) is 3.26. The Bertz CT molecular complexity index is 164. The predicted molar refractivity (Wildman–Crippen MR) is 52.5 cm³/mol. The van der Waals surface area contributed by atoms with Crippen molar-refractivity contribution in [2.75, 3.05) is 19.6 Å². The summed E-state index contributed by atoms with van der Waals surface area (Å²) >= 11 is 0. The van der Waals surface area contributed by atoms with Crippen molar-refractivity contribution in [3.05, 3.63) is 0 Å². The van der Waals surface area contributed by atoms with Crippen LogP contribution in [0.5, 0.6) is 0 Å². The Morgan fingerprint density at radius 1 is 1.54 bits per heavy atom. The summed E-state index contributed by atoms with van der Waals surface area (Å²) in [6, 6.07) is -0.0976.